The lowest BCUT2D eigenvalue weighted by atomic mass is 9.96. The number of benzene rings is 2. The topological polar surface area (TPSA) is 96.5 Å². The number of piperidine rings is 1. The number of hydrogen-bond donors (Lipinski definition) is 2. The van der Waals surface area contributed by atoms with E-state index in [4.69, 9.17) is 5.84 Å². The van der Waals surface area contributed by atoms with Crippen LogP contribution in [-0.2, 0) is 17.8 Å². The lowest BCUT2D eigenvalue weighted by molar-refractivity contribution is -0.110. The first-order valence-electron chi connectivity index (χ1n) is 13.4. The molecule has 0 atom stereocenters. The average Bonchev–Trinajstić information content (AvgIpc) is 2.97. The van der Waals surface area contributed by atoms with E-state index in [2.05, 4.69) is 43.5 Å². The van der Waals surface area contributed by atoms with Gasteiger partial charge in [-0.05, 0) is 79.4 Å². The normalized spacial score (nSPS) is 14.2. The number of nitrogens with one attached hydrogen (secondary N) is 1. The summed E-state index contributed by atoms with van der Waals surface area (Å²) in [5.74, 6) is 5.37. The number of aryl methyl sites for hydroxylation is 1. The molecule has 1 fully saturated rings. The van der Waals surface area contributed by atoms with Gasteiger partial charge in [-0.15, -0.1) is 0 Å². The number of nitrogens with two attached hydrogens (primary N) is 1. The van der Waals surface area contributed by atoms with Crippen LogP contribution >= 0.6 is 0 Å². The molecule has 0 aliphatic carbocycles. The van der Waals surface area contributed by atoms with Gasteiger partial charge in [-0.25, -0.2) is 0 Å². The summed E-state index contributed by atoms with van der Waals surface area (Å²) in [6.07, 6.45) is 10.0. The van der Waals surface area contributed by atoms with Crippen molar-refractivity contribution < 1.29 is 4.79 Å². The van der Waals surface area contributed by atoms with Gasteiger partial charge in [-0.3, -0.25) is 19.7 Å². The fraction of sp³-hybridized carbons (Fsp3) is 0.250. The Hall–Kier alpha value is -4.36. The molecule has 0 saturated carbocycles. The predicted molar refractivity (Wildman–Crippen MR) is 156 cm³/mol. The molecule has 7 heteroatoms. The Morgan fingerprint density at radius 1 is 0.923 bits per heavy atom. The Morgan fingerprint density at radius 3 is 2.49 bits per heavy atom. The first kappa shape index (κ1) is 26.3. The predicted octanol–water partition coefficient (Wildman–Crippen LogP) is 5.33. The van der Waals surface area contributed by atoms with Crippen LogP contribution in [0.1, 0.15) is 47.2 Å². The maximum absolute atomic E-state index is 13.2. The molecule has 4 aromatic rings. The molecule has 3 heterocycles. The fourth-order valence-electron chi connectivity index (χ4n) is 5.01. The molecule has 0 radical (unpaired) electrons. The summed E-state index contributed by atoms with van der Waals surface area (Å²) in [5.41, 5.74) is 7.60. The lowest BCUT2D eigenvalue weighted by Crippen LogP contribution is -2.29. The van der Waals surface area contributed by atoms with E-state index >= 15 is 0 Å². The molecule has 3 N–H and O–H groups in total. The monoisotopic (exact) mass is 518 g/mol. The van der Waals surface area contributed by atoms with Crippen LogP contribution in [0.2, 0.25) is 0 Å². The van der Waals surface area contributed by atoms with Gasteiger partial charge in [0.05, 0.1) is 11.9 Å². The Kier molecular flexibility index (Phi) is 8.39. The molecule has 1 amide bonds. The SMILES string of the molecule is Cc1ccc(-c2cncc(CN3CCCCC3)c2)cc1/C(=N\N)C(=O)Nc1ccc(Cc2ccccc2)nc1. The van der Waals surface area contributed by atoms with Crippen LogP contribution in [0.25, 0.3) is 11.1 Å². The number of nitrogens with zero attached hydrogens (tertiary/aromatic N) is 4. The molecule has 0 bridgehead atoms. The second-order valence-electron chi connectivity index (χ2n) is 10.1. The fourth-order valence-corrected chi connectivity index (χ4v) is 5.01. The second-order valence-corrected chi connectivity index (χ2v) is 10.1. The lowest BCUT2D eigenvalue weighted by Gasteiger charge is -2.26. The zero-order valence-corrected chi connectivity index (χ0v) is 22.3. The Balaban J connectivity index is 1.30. The molecular formula is C32H34N6O. The van der Waals surface area contributed by atoms with Crippen LogP contribution in [0, 0.1) is 6.92 Å². The zero-order chi connectivity index (χ0) is 27.0. The highest BCUT2D eigenvalue weighted by Crippen LogP contribution is 2.25. The van der Waals surface area contributed by atoms with E-state index in [9.17, 15) is 4.79 Å². The average molecular weight is 519 g/mol. The van der Waals surface area contributed by atoms with Crippen molar-refractivity contribution in [3.63, 3.8) is 0 Å². The van der Waals surface area contributed by atoms with E-state index in [0.29, 0.717) is 11.3 Å². The number of aromatic nitrogens is 2. The number of pyridine rings is 2. The van der Waals surface area contributed by atoms with Gasteiger partial charge in [-0.2, -0.15) is 5.10 Å². The minimum atomic E-state index is -0.382. The van der Waals surface area contributed by atoms with Crippen LogP contribution < -0.4 is 11.2 Å². The summed E-state index contributed by atoms with van der Waals surface area (Å²) in [6, 6.07) is 22.1. The minimum absolute atomic E-state index is 0.167. The van der Waals surface area contributed by atoms with Gasteiger partial charge in [0.1, 0.15) is 0 Å². The summed E-state index contributed by atoms with van der Waals surface area (Å²) in [7, 11) is 0. The van der Waals surface area contributed by atoms with Crippen LogP contribution in [0.15, 0.2) is 90.4 Å². The second kappa shape index (κ2) is 12.5. The third kappa shape index (κ3) is 6.75. The van der Waals surface area contributed by atoms with Crippen molar-refractivity contribution >= 4 is 17.3 Å². The van der Waals surface area contributed by atoms with Crippen LogP contribution in [-0.4, -0.2) is 39.6 Å². The standard InChI is InChI=1S/C32H34N6O/c1-23-10-11-26(27-16-25(19-34-20-27)22-38-14-6-3-7-15-38)18-30(23)31(37-33)32(39)36-29-13-12-28(35-21-29)17-24-8-4-2-5-9-24/h2,4-5,8-13,16,18-21H,3,6-7,14-15,17,22,33H2,1H3,(H,36,39)/b37-31+. The number of anilines is 1. The zero-order valence-electron chi connectivity index (χ0n) is 22.3. The van der Waals surface area contributed by atoms with Gasteiger partial charge in [0, 0.05) is 42.2 Å². The Morgan fingerprint density at radius 2 is 1.74 bits per heavy atom. The molecule has 2 aromatic carbocycles. The van der Waals surface area contributed by atoms with E-state index in [1.165, 1.54) is 30.4 Å². The third-order valence-corrected chi connectivity index (χ3v) is 7.13. The van der Waals surface area contributed by atoms with Gasteiger partial charge < -0.3 is 11.2 Å². The van der Waals surface area contributed by atoms with Gasteiger partial charge >= 0.3 is 0 Å². The van der Waals surface area contributed by atoms with Gasteiger partial charge in [0.2, 0.25) is 0 Å². The van der Waals surface area contributed by atoms with Crippen molar-refractivity contribution in [3.05, 3.63) is 113 Å². The van der Waals surface area contributed by atoms with Crippen molar-refractivity contribution in [2.24, 2.45) is 10.9 Å². The van der Waals surface area contributed by atoms with Crippen LogP contribution in [0.3, 0.4) is 0 Å². The summed E-state index contributed by atoms with van der Waals surface area (Å²) < 4.78 is 0. The first-order chi connectivity index (χ1) is 19.1. The van der Waals surface area contributed by atoms with Crippen molar-refractivity contribution in [1.82, 2.24) is 14.9 Å². The summed E-state index contributed by atoms with van der Waals surface area (Å²) in [4.78, 5) is 24.7. The maximum Gasteiger partial charge on any atom is 0.276 e. The van der Waals surface area contributed by atoms with Gasteiger partial charge in [-0.1, -0.05) is 48.9 Å². The van der Waals surface area contributed by atoms with E-state index in [0.717, 1.165) is 48.4 Å². The summed E-state index contributed by atoms with van der Waals surface area (Å²) in [6.45, 7) is 5.11. The van der Waals surface area contributed by atoms with Crippen molar-refractivity contribution in [2.75, 3.05) is 18.4 Å². The molecular weight excluding hydrogens is 484 g/mol. The van der Waals surface area contributed by atoms with E-state index < -0.39 is 0 Å². The molecule has 0 spiro atoms. The molecule has 1 saturated heterocycles. The van der Waals surface area contributed by atoms with E-state index in [1.54, 1.807) is 6.20 Å². The first-order valence-corrected chi connectivity index (χ1v) is 13.4. The molecule has 1 aliphatic rings. The van der Waals surface area contributed by atoms with Crippen molar-refractivity contribution in [1.29, 1.82) is 0 Å². The van der Waals surface area contributed by atoms with Gasteiger partial charge in [0.15, 0.2) is 5.71 Å². The quantitative estimate of drug-likeness (QED) is 0.187. The van der Waals surface area contributed by atoms with Crippen molar-refractivity contribution in [2.45, 2.75) is 39.2 Å². The number of hydrogen-bond acceptors (Lipinski definition) is 6. The highest BCUT2D eigenvalue weighted by Gasteiger charge is 2.18. The smallest absolute Gasteiger partial charge is 0.276 e. The summed E-state index contributed by atoms with van der Waals surface area (Å²) >= 11 is 0. The molecule has 5 rings (SSSR count). The molecule has 0 unspecified atom stereocenters. The number of hydrazone groups is 1. The number of likely N-dealkylation sites (tertiary alicyclic amines) is 1. The molecule has 2 aromatic heterocycles. The van der Waals surface area contributed by atoms with Crippen LogP contribution in [0.4, 0.5) is 5.69 Å². The maximum atomic E-state index is 13.2. The van der Waals surface area contributed by atoms with Crippen LogP contribution in [0.5, 0.6) is 0 Å². The largest absolute Gasteiger partial charge is 0.322 e. The van der Waals surface area contributed by atoms with E-state index in [1.807, 2.05) is 67.8 Å². The number of rotatable bonds is 8. The third-order valence-electron chi connectivity index (χ3n) is 7.13. The number of carbonyl (C=O) groups excluding carboxylic acids is 1. The molecule has 1 aliphatic heterocycles. The minimum Gasteiger partial charge on any atom is -0.322 e. The number of carbonyl (C=O) groups is 1. The molecule has 39 heavy (non-hydrogen) atoms. The Labute approximate surface area is 229 Å². The van der Waals surface area contributed by atoms with Gasteiger partial charge in [0.25, 0.3) is 5.91 Å². The highest BCUT2D eigenvalue weighted by molar-refractivity contribution is 6.49. The van der Waals surface area contributed by atoms with E-state index in [-0.39, 0.29) is 11.6 Å². The number of amides is 1. The summed E-state index contributed by atoms with van der Waals surface area (Å²) in [5, 5.41) is 6.77. The molecule has 7 nitrogen and oxygen atoms in total. The Bertz CT molecular complexity index is 1440. The highest BCUT2D eigenvalue weighted by atomic mass is 16.1. The van der Waals surface area contributed by atoms with Crippen molar-refractivity contribution in [3.8, 4) is 11.1 Å². The molecule has 198 valence electrons.